The van der Waals surface area contributed by atoms with Gasteiger partial charge in [0.15, 0.2) is 6.39 Å². The maximum Gasteiger partial charge on any atom is 0.181 e. The van der Waals surface area contributed by atoms with Gasteiger partial charge in [0.2, 0.25) is 0 Å². The summed E-state index contributed by atoms with van der Waals surface area (Å²) in [5, 5.41) is 0. The molecule has 2 heteroatoms. The number of fused-ring (bicyclic) bond motifs is 1. The summed E-state index contributed by atoms with van der Waals surface area (Å²) in [6, 6.07) is 0. The molecular weight excluding hydrogens is 114 g/mol. The second-order valence-electron chi connectivity index (χ2n) is 2.68. The van der Waals surface area contributed by atoms with E-state index in [2.05, 4.69) is 18.8 Å². The molecule has 48 valence electrons. The van der Waals surface area contributed by atoms with Crippen LogP contribution in [0.2, 0.25) is 0 Å². The predicted octanol–water partition coefficient (Wildman–Crippen LogP) is 1.90. The maximum absolute atomic E-state index is 5.12. The molecule has 0 saturated heterocycles. The molecule has 1 aromatic rings. The van der Waals surface area contributed by atoms with Crippen LogP contribution in [0.15, 0.2) is 10.8 Å². The smallest absolute Gasteiger partial charge is 0.181 e. The highest BCUT2D eigenvalue weighted by Crippen LogP contribution is 2.44. The minimum atomic E-state index is 0.586. The Morgan fingerprint density at radius 2 is 2.22 bits per heavy atom. The summed E-state index contributed by atoms with van der Waals surface area (Å²) in [7, 11) is 0. The average molecular weight is 123 g/mol. The third kappa shape index (κ3) is 0.435. The van der Waals surface area contributed by atoms with Crippen LogP contribution in [0.4, 0.5) is 0 Å². The van der Waals surface area contributed by atoms with E-state index in [1.807, 2.05) is 0 Å². The highest BCUT2D eigenvalue weighted by Gasteiger charge is 2.35. The van der Waals surface area contributed by atoms with Crippen molar-refractivity contribution in [2.24, 2.45) is 0 Å². The van der Waals surface area contributed by atoms with Gasteiger partial charge in [-0.1, -0.05) is 13.8 Å². The summed E-state index contributed by atoms with van der Waals surface area (Å²) in [5.74, 6) is 2.28. The number of aromatic nitrogens is 1. The van der Waals surface area contributed by atoms with Crippen LogP contribution in [0.1, 0.15) is 37.1 Å². The van der Waals surface area contributed by atoms with Crippen LogP contribution in [0.3, 0.4) is 0 Å². The molecule has 0 saturated carbocycles. The van der Waals surface area contributed by atoms with Crippen LogP contribution in [0.5, 0.6) is 0 Å². The molecule has 0 bridgehead atoms. The van der Waals surface area contributed by atoms with Crippen molar-refractivity contribution in [3.8, 4) is 0 Å². The first-order valence-electron chi connectivity index (χ1n) is 3.24. The Kier molecular flexibility index (Phi) is 0.770. The lowest BCUT2D eigenvalue weighted by molar-refractivity contribution is 0.392. The van der Waals surface area contributed by atoms with E-state index < -0.39 is 0 Å². The SMILES string of the molecule is CC1c2ncoc2C1C. The van der Waals surface area contributed by atoms with Gasteiger partial charge in [-0.2, -0.15) is 0 Å². The third-order valence-electron chi connectivity index (χ3n) is 2.22. The molecule has 9 heavy (non-hydrogen) atoms. The number of rotatable bonds is 0. The molecule has 2 nitrogen and oxygen atoms in total. The van der Waals surface area contributed by atoms with Gasteiger partial charge in [-0.25, -0.2) is 4.98 Å². The Hall–Kier alpha value is -0.790. The summed E-state index contributed by atoms with van der Waals surface area (Å²) >= 11 is 0. The van der Waals surface area contributed by atoms with Crippen LogP contribution in [-0.4, -0.2) is 4.98 Å². The van der Waals surface area contributed by atoms with Crippen LogP contribution in [0, 0.1) is 0 Å². The quantitative estimate of drug-likeness (QED) is 0.526. The lowest BCUT2D eigenvalue weighted by Gasteiger charge is -2.26. The van der Waals surface area contributed by atoms with Gasteiger partial charge in [0.25, 0.3) is 0 Å². The molecule has 2 atom stereocenters. The van der Waals surface area contributed by atoms with E-state index in [-0.39, 0.29) is 0 Å². The van der Waals surface area contributed by atoms with Gasteiger partial charge in [0, 0.05) is 11.8 Å². The fourth-order valence-corrected chi connectivity index (χ4v) is 1.31. The number of oxazole rings is 1. The monoisotopic (exact) mass is 123 g/mol. The van der Waals surface area contributed by atoms with Gasteiger partial charge < -0.3 is 4.42 Å². The van der Waals surface area contributed by atoms with Crippen molar-refractivity contribution in [2.45, 2.75) is 25.7 Å². The molecule has 0 aliphatic heterocycles. The van der Waals surface area contributed by atoms with E-state index in [0.717, 1.165) is 11.5 Å². The average Bonchev–Trinajstić information content (AvgIpc) is 2.30. The predicted molar refractivity (Wildman–Crippen MR) is 33.3 cm³/mol. The summed E-state index contributed by atoms with van der Waals surface area (Å²) < 4.78 is 5.12. The molecule has 0 aromatic carbocycles. The Morgan fingerprint density at radius 1 is 1.44 bits per heavy atom. The highest BCUT2D eigenvalue weighted by atomic mass is 16.3. The maximum atomic E-state index is 5.12. The number of nitrogens with zero attached hydrogens (tertiary/aromatic N) is 1. The minimum absolute atomic E-state index is 0.586. The molecule has 1 heterocycles. The molecule has 2 rings (SSSR count). The zero-order valence-electron chi connectivity index (χ0n) is 5.59. The molecule has 0 amide bonds. The fraction of sp³-hybridized carbons (Fsp3) is 0.571. The van der Waals surface area contributed by atoms with E-state index in [9.17, 15) is 0 Å². The lowest BCUT2D eigenvalue weighted by atomic mass is 9.78. The minimum Gasteiger partial charge on any atom is -0.448 e. The number of hydrogen-bond donors (Lipinski definition) is 0. The first-order chi connectivity index (χ1) is 4.30. The van der Waals surface area contributed by atoms with Crippen molar-refractivity contribution in [3.63, 3.8) is 0 Å². The normalized spacial score (nSPS) is 31.3. The Labute approximate surface area is 53.9 Å². The molecule has 0 radical (unpaired) electrons. The summed E-state index contributed by atoms with van der Waals surface area (Å²) in [4.78, 5) is 4.07. The van der Waals surface area contributed by atoms with Gasteiger partial charge in [0.1, 0.15) is 5.76 Å². The zero-order chi connectivity index (χ0) is 6.43. The Balaban J connectivity index is 2.50. The Morgan fingerprint density at radius 3 is 2.89 bits per heavy atom. The molecular formula is C7H9NO. The zero-order valence-corrected chi connectivity index (χ0v) is 5.59. The highest BCUT2D eigenvalue weighted by molar-refractivity contribution is 5.30. The van der Waals surface area contributed by atoms with Crippen LogP contribution in [0.25, 0.3) is 0 Å². The van der Waals surface area contributed by atoms with E-state index in [1.165, 1.54) is 6.39 Å². The van der Waals surface area contributed by atoms with Crippen LogP contribution < -0.4 is 0 Å². The van der Waals surface area contributed by atoms with E-state index in [4.69, 9.17) is 4.42 Å². The Bertz CT molecular complexity index is 206. The standard InChI is InChI=1S/C7H9NO/c1-4-5(2)7-6(4)8-3-9-7/h3-5H,1-2H3. The lowest BCUT2D eigenvalue weighted by Crippen LogP contribution is -2.17. The second kappa shape index (κ2) is 1.38. The first-order valence-corrected chi connectivity index (χ1v) is 3.24. The topological polar surface area (TPSA) is 26.0 Å². The largest absolute Gasteiger partial charge is 0.448 e. The summed E-state index contributed by atoms with van der Waals surface area (Å²) in [5.41, 5.74) is 1.16. The first kappa shape index (κ1) is 5.03. The van der Waals surface area contributed by atoms with Gasteiger partial charge >= 0.3 is 0 Å². The van der Waals surface area contributed by atoms with Crippen molar-refractivity contribution in [2.75, 3.05) is 0 Å². The van der Waals surface area contributed by atoms with Crippen LogP contribution in [-0.2, 0) is 0 Å². The van der Waals surface area contributed by atoms with E-state index in [0.29, 0.717) is 11.8 Å². The van der Waals surface area contributed by atoms with E-state index in [1.54, 1.807) is 0 Å². The number of hydrogen-bond acceptors (Lipinski definition) is 2. The summed E-state index contributed by atoms with van der Waals surface area (Å²) in [6.07, 6.45) is 1.53. The fourth-order valence-electron chi connectivity index (χ4n) is 1.31. The summed E-state index contributed by atoms with van der Waals surface area (Å²) in [6.45, 7) is 4.34. The van der Waals surface area contributed by atoms with Gasteiger partial charge in [-0.15, -0.1) is 0 Å². The van der Waals surface area contributed by atoms with Crippen LogP contribution >= 0.6 is 0 Å². The van der Waals surface area contributed by atoms with E-state index >= 15 is 0 Å². The molecule has 0 spiro atoms. The van der Waals surface area contributed by atoms with Gasteiger partial charge in [0.05, 0.1) is 5.69 Å². The molecule has 0 fully saturated rings. The van der Waals surface area contributed by atoms with Crippen molar-refractivity contribution < 1.29 is 4.42 Å². The van der Waals surface area contributed by atoms with Crippen molar-refractivity contribution >= 4 is 0 Å². The molecule has 1 aliphatic carbocycles. The molecule has 1 aromatic heterocycles. The second-order valence-corrected chi connectivity index (χ2v) is 2.68. The van der Waals surface area contributed by atoms with Crippen molar-refractivity contribution in [1.29, 1.82) is 0 Å². The molecule has 1 aliphatic rings. The third-order valence-corrected chi connectivity index (χ3v) is 2.22. The van der Waals surface area contributed by atoms with Crippen molar-refractivity contribution in [3.05, 3.63) is 17.8 Å². The molecule has 0 N–H and O–H groups in total. The van der Waals surface area contributed by atoms with Gasteiger partial charge in [-0.3, -0.25) is 0 Å². The van der Waals surface area contributed by atoms with Gasteiger partial charge in [-0.05, 0) is 0 Å². The molecule has 2 unspecified atom stereocenters. The van der Waals surface area contributed by atoms with Crippen molar-refractivity contribution in [1.82, 2.24) is 4.98 Å².